The molecule has 4 aromatic rings. The maximum atomic E-state index is 12.7. The standard InChI is InChI=1S/C22H15N3O4S/c1-3-10-25-16-9-8-14(23-13(2)26)11-20(16)30-22(25)24-21(28)19-12-17(27)15-6-4-5-7-18(15)29-19/h1,4-9,11-12H,10H2,2H3,(H,23,26). The predicted octanol–water partition coefficient (Wildman–Crippen LogP) is 3.14. The minimum atomic E-state index is -0.683. The molecule has 0 saturated carbocycles. The van der Waals surface area contributed by atoms with Crippen molar-refractivity contribution in [2.45, 2.75) is 13.5 Å². The zero-order chi connectivity index (χ0) is 21.3. The zero-order valence-corrected chi connectivity index (χ0v) is 16.7. The molecule has 0 spiro atoms. The van der Waals surface area contributed by atoms with Gasteiger partial charge in [0.1, 0.15) is 5.58 Å². The van der Waals surface area contributed by atoms with E-state index in [4.69, 9.17) is 10.8 Å². The maximum absolute atomic E-state index is 12.7. The number of para-hydroxylation sites is 1. The van der Waals surface area contributed by atoms with Crippen LogP contribution in [-0.4, -0.2) is 16.4 Å². The van der Waals surface area contributed by atoms with Gasteiger partial charge in [-0.15, -0.1) is 6.42 Å². The normalized spacial score (nSPS) is 11.5. The van der Waals surface area contributed by atoms with Crippen LogP contribution in [0, 0.1) is 12.3 Å². The molecule has 0 bridgehead atoms. The number of aromatic nitrogens is 1. The third-order valence-electron chi connectivity index (χ3n) is 4.30. The van der Waals surface area contributed by atoms with Gasteiger partial charge in [0.05, 0.1) is 22.1 Å². The van der Waals surface area contributed by atoms with E-state index in [0.29, 0.717) is 21.5 Å². The molecule has 2 amide bonds. The summed E-state index contributed by atoms with van der Waals surface area (Å²) in [6.07, 6.45) is 5.49. The largest absolute Gasteiger partial charge is 0.451 e. The number of amides is 2. The molecule has 0 aliphatic carbocycles. The molecule has 0 unspecified atom stereocenters. The minimum absolute atomic E-state index is 0.151. The van der Waals surface area contributed by atoms with Gasteiger partial charge in [-0.2, -0.15) is 4.99 Å². The molecule has 4 rings (SSSR count). The molecule has 0 aliphatic rings. The van der Waals surface area contributed by atoms with Crippen molar-refractivity contribution >= 4 is 50.0 Å². The fourth-order valence-corrected chi connectivity index (χ4v) is 4.10. The summed E-state index contributed by atoms with van der Waals surface area (Å²) in [4.78, 5) is 40.8. The van der Waals surface area contributed by atoms with Gasteiger partial charge in [0.15, 0.2) is 16.0 Å². The van der Waals surface area contributed by atoms with Gasteiger partial charge in [-0.05, 0) is 30.3 Å². The first kappa shape index (κ1) is 19.4. The summed E-state index contributed by atoms with van der Waals surface area (Å²) in [5, 5.41) is 3.11. The van der Waals surface area contributed by atoms with E-state index in [1.807, 2.05) is 0 Å². The Hall–Kier alpha value is -3.96. The number of fused-ring (bicyclic) bond motifs is 2. The molecule has 1 N–H and O–H groups in total. The summed E-state index contributed by atoms with van der Waals surface area (Å²) in [6.45, 7) is 1.63. The number of hydrogen-bond donors (Lipinski definition) is 1. The first-order chi connectivity index (χ1) is 14.5. The minimum Gasteiger partial charge on any atom is -0.451 e. The Kier molecular flexibility index (Phi) is 5.04. The number of nitrogens with one attached hydrogen (secondary N) is 1. The first-order valence-corrected chi connectivity index (χ1v) is 9.74. The summed E-state index contributed by atoms with van der Waals surface area (Å²) in [5.74, 6) is 1.53. The van der Waals surface area contributed by atoms with Gasteiger partial charge < -0.3 is 14.3 Å². The molecule has 2 aromatic carbocycles. The van der Waals surface area contributed by atoms with E-state index in [2.05, 4.69) is 16.2 Å². The second-order valence-corrected chi connectivity index (χ2v) is 7.44. The van der Waals surface area contributed by atoms with Crippen molar-refractivity contribution < 1.29 is 14.0 Å². The van der Waals surface area contributed by atoms with Crippen molar-refractivity contribution in [2.24, 2.45) is 4.99 Å². The number of anilines is 1. The van der Waals surface area contributed by atoms with Crippen molar-refractivity contribution in [3.05, 3.63) is 69.3 Å². The van der Waals surface area contributed by atoms with Crippen molar-refractivity contribution in [2.75, 3.05) is 5.32 Å². The summed E-state index contributed by atoms with van der Waals surface area (Å²) < 4.78 is 8.09. The summed E-state index contributed by atoms with van der Waals surface area (Å²) >= 11 is 1.24. The average Bonchev–Trinajstić information content (AvgIpc) is 3.04. The molecule has 0 saturated heterocycles. The Morgan fingerprint density at radius 3 is 2.80 bits per heavy atom. The number of carbonyl (C=O) groups excluding carboxylic acids is 2. The molecule has 2 aromatic heterocycles. The number of hydrogen-bond acceptors (Lipinski definition) is 5. The Labute approximate surface area is 174 Å². The van der Waals surface area contributed by atoms with E-state index in [-0.39, 0.29) is 23.6 Å². The van der Waals surface area contributed by atoms with E-state index in [1.165, 1.54) is 18.3 Å². The van der Waals surface area contributed by atoms with Crippen molar-refractivity contribution in [1.29, 1.82) is 0 Å². The number of nitrogens with zero attached hydrogens (tertiary/aromatic N) is 2. The van der Waals surface area contributed by atoms with Crippen LogP contribution in [0.3, 0.4) is 0 Å². The van der Waals surface area contributed by atoms with Gasteiger partial charge in [-0.3, -0.25) is 14.4 Å². The van der Waals surface area contributed by atoms with Crippen LogP contribution in [0.4, 0.5) is 5.69 Å². The van der Waals surface area contributed by atoms with Gasteiger partial charge >= 0.3 is 5.91 Å². The Balaban J connectivity index is 1.84. The SMILES string of the molecule is C#CCn1c(=NC(=O)c2cc(=O)c3ccccc3o2)sc2cc(NC(C)=O)ccc21. The van der Waals surface area contributed by atoms with Crippen LogP contribution >= 0.6 is 11.3 Å². The van der Waals surface area contributed by atoms with Crippen molar-refractivity contribution in [1.82, 2.24) is 4.57 Å². The average molecular weight is 417 g/mol. The van der Waals surface area contributed by atoms with E-state index >= 15 is 0 Å². The van der Waals surface area contributed by atoms with Crippen LogP contribution < -0.4 is 15.5 Å². The number of rotatable bonds is 3. The Morgan fingerprint density at radius 1 is 1.23 bits per heavy atom. The van der Waals surface area contributed by atoms with E-state index < -0.39 is 5.91 Å². The second-order valence-electron chi connectivity index (χ2n) is 6.43. The third kappa shape index (κ3) is 3.66. The fourth-order valence-electron chi connectivity index (χ4n) is 3.03. The molecule has 2 heterocycles. The lowest BCUT2D eigenvalue weighted by Gasteiger charge is -2.03. The van der Waals surface area contributed by atoms with Crippen LogP contribution in [0.15, 0.2) is 62.7 Å². The lowest BCUT2D eigenvalue weighted by molar-refractivity contribution is -0.114. The molecule has 0 atom stereocenters. The topological polar surface area (TPSA) is 93.7 Å². The highest BCUT2D eigenvalue weighted by molar-refractivity contribution is 7.16. The predicted molar refractivity (Wildman–Crippen MR) is 115 cm³/mol. The molecule has 0 fully saturated rings. The summed E-state index contributed by atoms with van der Waals surface area (Å²) in [5.41, 5.74) is 1.40. The van der Waals surface area contributed by atoms with Gasteiger partial charge in [-0.25, -0.2) is 0 Å². The highest BCUT2D eigenvalue weighted by atomic mass is 32.1. The molecule has 0 radical (unpaired) electrons. The molecule has 30 heavy (non-hydrogen) atoms. The molecule has 0 aliphatic heterocycles. The first-order valence-electron chi connectivity index (χ1n) is 8.92. The monoisotopic (exact) mass is 417 g/mol. The summed E-state index contributed by atoms with van der Waals surface area (Å²) in [6, 6.07) is 13.2. The van der Waals surface area contributed by atoms with Crippen LogP contribution in [0.5, 0.6) is 0 Å². The number of terminal acetylenes is 1. The van der Waals surface area contributed by atoms with Crippen LogP contribution in [-0.2, 0) is 11.3 Å². The van der Waals surface area contributed by atoms with Crippen molar-refractivity contribution in [3.8, 4) is 12.3 Å². The molecule has 8 heteroatoms. The van der Waals surface area contributed by atoms with Gasteiger partial charge in [0.2, 0.25) is 5.91 Å². The Bertz CT molecular complexity index is 1480. The van der Waals surface area contributed by atoms with Gasteiger partial charge in [0, 0.05) is 18.7 Å². The second kappa shape index (κ2) is 7.81. The zero-order valence-electron chi connectivity index (χ0n) is 15.8. The Morgan fingerprint density at radius 2 is 2.03 bits per heavy atom. The van der Waals surface area contributed by atoms with E-state index in [1.54, 1.807) is 47.0 Å². The number of benzene rings is 2. The van der Waals surface area contributed by atoms with Crippen LogP contribution in [0.2, 0.25) is 0 Å². The quantitative estimate of drug-likeness (QED) is 0.518. The summed E-state index contributed by atoms with van der Waals surface area (Å²) in [7, 11) is 0. The number of thiazole rings is 1. The molecule has 148 valence electrons. The van der Waals surface area contributed by atoms with Crippen LogP contribution in [0.1, 0.15) is 17.5 Å². The molecular formula is C22H15N3O4S. The fraction of sp³-hybridized carbons (Fsp3) is 0.0909. The van der Waals surface area contributed by atoms with E-state index in [0.717, 1.165) is 16.3 Å². The number of carbonyl (C=O) groups is 2. The lowest BCUT2D eigenvalue weighted by atomic mass is 10.2. The van der Waals surface area contributed by atoms with Crippen molar-refractivity contribution in [3.63, 3.8) is 0 Å². The highest BCUT2D eigenvalue weighted by Crippen LogP contribution is 2.22. The van der Waals surface area contributed by atoms with Crippen LogP contribution in [0.25, 0.3) is 21.2 Å². The maximum Gasteiger partial charge on any atom is 0.315 e. The third-order valence-corrected chi connectivity index (χ3v) is 5.34. The molecular weight excluding hydrogens is 402 g/mol. The van der Waals surface area contributed by atoms with E-state index in [9.17, 15) is 14.4 Å². The van der Waals surface area contributed by atoms with Gasteiger partial charge in [-0.1, -0.05) is 29.4 Å². The lowest BCUT2D eigenvalue weighted by Crippen LogP contribution is -2.17. The molecule has 7 nitrogen and oxygen atoms in total. The van der Waals surface area contributed by atoms with Gasteiger partial charge in [0.25, 0.3) is 0 Å². The smallest absolute Gasteiger partial charge is 0.315 e. The highest BCUT2D eigenvalue weighted by Gasteiger charge is 2.14.